The molecule has 1 aliphatic rings. The maximum atomic E-state index is 13.2. The number of aryl methyl sites for hydroxylation is 1. The van der Waals surface area contributed by atoms with Crippen LogP contribution in [0.1, 0.15) is 41.5 Å². The van der Waals surface area contributed by atoms with Gasteiger partial charge in [-0.2, -0.15) is 0 Å². The topological polar surface area (TPSA) is 40.6 Å². The summed E-state index contributed by atoms with van der Waals surface area (Å²) in [4.78, 5) is 30.3. The van der Waals surface area contributed by atoms with E-state index in [0.717, 1.165) is 17.5 Å². The van der Waals surface area contributed by atoms with E-state index in [9.17, 15) is 9.59 Å². The normalized spacial score (nSPS) is 17.3. The number of carbonyl (C=O) groups excluding carboxylic acids is 2. The van der Waals surface area contributed by atoms with Gasteiger partial charge in [0, 0.05) is 18.0 Å². The molecule has 0 fully saturated rings. The minimum atomic E-state index is -0.630. The van der Waals surface area contributed by atoms with E-state index < -0.39 is 5.38 Å². The van der Waals surface area contributed by atoms with E-state index >= 15 is 0 Å². The molecular formula is C21H25ClN2O2S. The van der Waals surface area contributed by atoms with Crippen molar-refractivity contribution in [3.05, 3.63) is 57.3 Å². The van der Waals surface area contributed by atoms with Crippen LogP contribution in [0.2, 0.25) is 0 Å². The lowest BCUT2D eigenvalue weighted by atomic mass is 9.90. The Hall–Kier alpha value is -1.85. The summed E-state index contributed by atoms with van der Waals surface area (Å²) >= 11 is 7.70. The number of carbonyl (C=O) groups is 2. The van der Waals surface area contributed by atoms with Crippen LogP contribution in [-0.2, 0) is 16.0 Å². The van der Waals surface area contributed by atoms with Gasteiger partial charge in [-0.15, -0.1) is 22.9 Å². The average molecular weight is 405 g/mol. The number of hydrogen-bond acceptors (Lipinski definition) is 3. The van der Waals surface area contributed by atoms with E-state index in [0.29, 0.717) is 13.1 Å². The SMILES string of the molecule is CCN(CC(=O)N1CCc2sccc2[C@@H]1c1ccccc1C)C(=O)[C@H](C)Cl. The molecular weight excluding hydrogens is 380 g/mol. The minimum Gasteiger partial charge on any atom is -0.332 e. The molecule has 0 radical (unpaired) electrons. The average Bonchev–Trinajstić information content (AvgIpc) is 3.14. The molecule has 1 aliphatic heterocycles. The molecule has 144 valence electrons. The molecule has 0 saturated carbocycles. The number of hydrogen-bond donors (Lipinski definition) is 0. The van der Waals surface area contributed by atoms with E-state index in [1.54, 1.807) is 18.3 Å². The van der Waals surface area contributed by atoms with E-state index in [1.807, 2.05) is 24.0 Å². The van der Waals surface area contributed by atoms with Gasteiger partial charge in [0.2, 0.25) is 11.8 Å². The molecule has 0 aliphatic carbocycles. The fourth-order valence-electron chi connectivity index (χ4n) is 3.67. The van der Waals surface area contributed by atoms with Crippen LogP contribution in [0.5, 0.6) is 0 Å². The first kappa shape index (κ1) is 19.9. The molecule has 6 heteroatoms. The molecule has 27 heavy (non-hydrogen) atoms. The summed E-state index contributed by atoms with van der Waals surface area (Å²) in [5.74, 6) is -0.235. The van der Waals surface area contributed by atoms with Crippen LogP contribution >= 0.6 is 22.9 Å². The molecule has 0 N–H and O–H groups in total. The third-order valence-electron chi connectivity index (χ3n) is 5.13. The molecule has 0 unspecified atom stereocenters. The smallest absolute Gasteiger partial charge is 0.242 e. The van der Waals surface area contributed by atoms with Crippen molar-refractivity contribution >= 4 is 34.8 Å². The van der Waals surface area contributed by atoms with Gasteiger partial charge in [0.1, 0.15) is 5.38 Å². The number of thiophene rings is 1. The van der Waals surface area contributed by atoms with E-state index in [-0.39, 0.29) is 24.4 Å². The van der Waals surface area contributed by atoms with Crippen molar-refractivity contribution in [2.24, 2.45) is 0 Å². The number of halogens is 1. The number of fused-ring (bicyclic) bond motifs is 1. The Labute approximate surface area is 169 Å². The molecule has 2 heterocycles. The van der Waals surface area contributed by atoms with Crippen molar-refractivity contribution in [2.75, 3.05) is 19.6 Å². The lowest BCUT2D eigenvalue weighted by Crippen LogP contribution is -2.48. The van der Waals surface area contributed by atoms with Crippen LogP contribution in [0.15, 0.2) is 35.7 Å². The lowest BCUT2D eigenvalue weighted by Gasteiger charge is -2.38. The fourth-order valence-corrected chi connectivity index (χ4v) is 4.71. The summed E-state index contributed by atoms with van der Waals surface area (Å²) in [5, 5.41) is 1.47. The van der Waals surface area contributed by atoms with E-state index in [2.05, 4.69) is 30.5 Å². The zero-order valence-electron chi connectivity index (χ0n) is 15.9. The number of alkyl halides is 1. The molecule has 0 bridgehead atoms. The molecule has 0 spiro atoms. The Bertz CT molecular complexity index is 833. The van der Waals surface area contributed by atoms with Crippen LogP contribution in [0, 0.1) is 6.92 Å². The van der Waals surface area contributed by atoms with Gasteiger partial charge in [0.25, 0.3) is 0 Å². The lowest BCUT2D eigenvalue weighted by molar-refractivity contribution is -0.141. The zero-order valence-corrected chi connectivity index (χ0v) is 17.5. The maximum Gasteiger partial charge on any atom is 0.242 e. The van der Waals surface area contributed by atoms with Crippen molar-refractivity contribution in [1.29, 1.82) is 0 Å². The Morgan fingerprint density at radius 2 is 2.04 bits per heavy atom. The molecule has 1 aromatic heterocycles. The highest BCUT2D eigenvalue weighted by Gasteiger charge is 2.34. The fraction of sp³-hybridized carbons (Fsp3) is 0.429. The Kier molecular flexibility index (Phi) is 6.22. The van der Waals surface area contributed by atoms with Crippen molar-refractivity contribution in [3.63, 3.8) is 0 Å². The minimum absolute atomic E-state index is 0.0346. The summed E-state index contributed by atoms with van der Waals surface area (Å²) in [5.41, 5.74) is 3.51. The molecule has 2 amide bonds. The van der Waals surface area contributed by atoms with Gasteiger partial charge in [-0.05, 0) is 55.3 Å². The Balaban J connectivity index is 1.92. The molecule has 2 atom stereocenters. The highest BCUT2D eigenvalue weighted by molar-refractivity contribution is 7.10. The predicted molar refractivity (Wildman–Crippen MR) is 110 cm³/mol. The third-order valence-corrected chi connectivity index (χ3v) is 6.31. The van der Waals surface area contributed by atoms with Gasteiger partial charge in [0.05, 0.1) is 12.6 Å². The molecule has 0 saturated heterocycles. The largest absolute Gasteiger partial charge is 0.332 e. The second-order valence-corrected chi connectivity index (χ2v) is 8.52. The van der Waals surface area contributed by atoms with Crippen molar-refractivity contribution in [1.82, 2.24) is 9.80 Å². The van der Waals surface area contributed by atoms with Crippen LogP contribution in [0.3, 0.4) is 0 Å². The van der Waals surface area contributed by atoms with Gasteiger partial charge in [-0.25, -0.2) is 0 Å². The summed E-state index contributed by atoms with van der Waals surface area (Å²) in [6.07, 6.45) is 0.854. The van der Waals surface area contributed by atoms with Crippen LogP contribution < -0.4 is 0 Å². The van der Waals surface area contributed by atoms with Gasteiger partial charge >= 0.3 is 0 Å². The quantitative estimate of drug-likeness (QED) is 0.706. The first-order valence-electron chi connectivity index (χ1n) is 9.28. The Morgan fingerprint density at radius 3 is 2.70 bits per heavy atom. The summed E-state index contributed by atoms with van der Waals surface area (Å²) < 4.78 is 0. The number of nitrogens with zero attached hydrogens (tertiary/aromatic N) is 2. The van der Waals surface area contributed by atoms with E-state index in [4.69, 9.17) is 11.6 Å². The van der Waals surface area contributed by atoms with Crippen molar-refractivity contribution < 1.29 is 9.59 Å². The number of benzene rings is 1. The van der Waals surface area contributed by atoms with E-state index in [1.165, 1.54) is 15.3 Å². The number of likely N-dealkylation sites (N-methyl/N-ethyl adjacent to an activating group) is 1. The van der Waals surface area contributed by atoms with Crippen LogP contribution in [-0.4, -0.2) is 46.6 Å². The van der Waals surface area contributed by atoms with Gasteiger partial charge in [-0.3, -0.25) is 9.59 Å². The monoisotopic (exact) mass is 404 g/mol. The molecule has 3 rings (SSSR count). The third kappa shape index (κ3) is 4.04. The summed E-state index contributed by atoms with van der Waals surface area (Å²) in [7, 11) is 0. The van der Waals surface area contributed by atoms with Crippen LogP contribution in [0.25, 0.3) is 0 Å². The van der Waals surface area contributed by atoms with Crippen molar-refractivity contribution in [2.45, 2.75) is 38.6 Å². The summed E-state index contributed by atoms with van der Waals surface area (Å²) in [6, 6.07) is 10.2. The second kappa shape index (κ2) is 8.44. The van der Waals surface area contributed by atoms with Gasteiger partial charge in [-0.1, -0.05) is 24.3 Å². The number of rotatable bonds is 5. The molecule has 1 aromatic carbocycles. The predicted octanol–water partition coefficient (Wildman–Crippen LogP) is 4.01. The summed E-state index contributed by atoms with van der Waals surface area (Å²) in [6.45, 7) is 6.79. The molecule has 4 nitrogen and oxygen atoms in total. The standard InChI is InChI=1S/C21H25ClN2O2S/c1-4-23(21(26)15(3)22)13-19(25)24-11-9-18-17(10-12-27-18)20(24)16-8-6-5-7-14(16)2/h5-8,10,12,15,20H,4,9,11,13H2,1-3H3/t15-,20-/m0/s1. The van der Waals surface area contributed by atoms with Crippen LogP contribution in [0.4, 0.5) is 0 Å². The highest BCUT2D eigenvalue weighted by atomic mass is 35.5. The van der Waals surface area contributed by atoms with Gasteiger partial charge < -0.3 is 9.80 Å². The Morgan fingerprint density at radius 1 is 1.30 bits per heavy atom. The zero-order chi connectivity index (χ0) is 19.6. The second-order valence-electron chi connectivity index (χ2n) is 6.86. The number of amides is 2. The first-order chi connectivity index (χ1) is 12.9. The first-order valence-corrected chi connectivity index (χ1v) is 10.6. The highest BCUT2D eigenvalue weighted by Crippen LogP contribution is 2.38. The van der Waals surface area contributed by atoms with Crippen molar-refractivity contribution in [3.8, 4) is 0 Å². The molecule has 2 aromatic rings. The maximum absolute atomic E-state index is 13.2. The van der Waals surface area contributed by atoms with Gasteiger partial charge in [0.15, 0.2) is 0 Å².